The normalized spacial score (nSPS) is 20.2. The molecule has 146 valence electrons. The summed E-state index contributed by atoms with van der Waals surface area (Å²) in [5, 5.41) is 3.80. The maximum absolute atomic E-state index is 12.6. The molecule has 1 saturated carbocycles. The van der Waals surface area contributed by atoms with Crippen molar-refractivity contribution in [3.63, 3.8) is 0 Å². The summed E-state index contributed by atoms with van der Waals surface area (Å²) in [4.78, 5) is 24.9. The zero-order chi connectivity index (χ0) is 18.4. The number of esters is 1. The monoisotopic (exact) mass is 422 g/mol. The van der Waals surface area contributed by atoms with Gasteiger partial charge in [0.15, 0.2) is 0 Å². The Hall–Kier alpha value is -1.01. The lowest BCUT2D eigenvalue weighted by Crippen LogP contribution is -2.47. The van der Waals surface area contributed by atoms with Gasteiger partial charge >= 0.3 is 5.97 Å². The number of rotatable bonds is 7. The van der Waals surface area contributed by atoms with Gasteiger partial charge in [-0.25, -0.2) is 4.79 Å². The van der Waals surface area contributed by atoms with Crippen molar-refractivity contribution in [2.45, 2.75) is 38.6 Å². The molecule has 0 aromatic heterocycles. The molecule has 0 saturated heterocycles. The van der Waals surface area contributed by atoms with Crippen molar-refractivity contribution < 1.29 is 14.3 Å². The van der Waals surface area contributed by atoms with E-state index in [-0.39, 0.29) is 43.2 Å². The first-order valence-electron chi connectivity index (χ1n) is 8.56. The number of carbonyl (C=O) groups excluding carboxylic acids is 2. The van der Waals surface area contributed by atoms with E-state index in [2.05, 4.69) is 5.32 Å². The van der Waals surface area contributed by atoms with Crippen LogP contribution in [0.25, 0.3) is 0 Å². The highest BCUT2D eigenvalue weighted by atomic mass is 35.5. The van der Waals surface area contributed by atoms with E-state index >= 15 is 0 Å². The predicted molar refractivity (Wildman–Crippen MR) is 106 cm³/mol. The molecule has 8 heteroatoms. The summed E-state index contributed by atoms with van der Waals surface area (Å²) in [6.07, 6.45) is 2.99. The molecule has 0 aliphatic heterocycles. The van der Waals surface area contributed by atoms with Crippen LogP contribution >= 0.6 is 35.6 Å². The molecule has 1 aliphatic rings. The number of benzene rings is 1. The fraction of sp³-hybridized carbons (Fsp3) is 0.556. The Kier molecular flexibility index (Phi) is 9.72. The highest BCUT2D eigenvalue weighted by Crippen LogP contribution is 2.31. The number of ether oxygens (including phenoxy) is 1. The van der Waals surface area contributed by atoms with Crippen molar-refractivity contribution in [2.75, 3.05) is 13.2 Å². The van der Waals surface area contributed by atoms with Crippen molar-refractivity contribution in [1.29, 1.82) is 0 Å². The molecule has 1 fully saturated rings. The molecule has 1 aromatic rings. The summed E-state index contributed by atoms with van der Waals surface area (Å²) >= 11 is 12.0. The zero-order valence-electron chi connectivity index (χ0n) is 14.7. The van der Waals surface area contributed by atoms with Crippen LogP contribution in [0.2, 0.25) is 10.0 Å². The fourth-order valence-electron chi connectivity index (χ4n) is 3.34. The van der Waals surface area contributed by atoms with Gasteiger partial charge in [0, 0.05) is 22.4 Å². The van der Waals surface area contributed by atoms with Crippen molar-refractivity contribution in [1.82, 2.24) is 5.32 Å². The van der Waals surface area contributed by atoms with E-state index in [1.165, 1.54) is 0 Å². The average molecular weight is 424 g/mol. The Bertz CT molecular complexity index is 607. The summed E-state index contributed by atoms with van der Waals surface area (Å²) in [6, 6.07) is 4.30. The predicted octanol–water partition coefficient (Wildman–Crippen LogP) is 3.38. The maximum Gasteiger partial charge on any atom is 0.328 e. The first-order chi connectivity index (χ1) is 11.9. The van der Waals surface area contributed by atoms with Crippen LogP contribution in [-0.4, -0.2) is 31.1 Å². The van der Waals surface area contributed by atoms with Crippen LogP contribution in [0.4, 0.5) is 0 Å². The lowest BCUT2D eigenvalue weighted by Gasteiger charge is -2.22. The molecule has 3 atom stereocenters. The lowest BCUT2D eigenvalue weighted by atomic mass is 9.94. The molecule has 5 nitrogen and oxygen atoms in total. The van der Waals surface area contributed by atoms with Gasteiger partial charge in [0.1, 0.15) is 6.04 Å². The molecule has 0 heterocycles. The van der Waals surface area contributed by atoms with E-state index in [1.54, 1.807) is 25.1 Å². The molecule has 0 radical (unpaired) electrons. The molecule has 3 N–H and O–H groups in total. The summed E-state index contributed by atoms with van der Waals surface area (Å²) in [5.74, 6) is -0.582. The van der Waals surface area contributed by atoms with Gasteiger partial charge in [0.25, 0.3) is 0 Å². The van der Waals surface area contributed by atoms with Crippen molar-refractivity contribution in [3.8, 4) is 0 Å². The van der Waals surface area contributed by atoms with Crippen LogP contribution in [0.5, 0.6) is 0 Å². The summed E-state index contributed by atoms with van der Waals surface area (Å²) in [5.41, 5.74) is 6.52. The van der Waals surface area contributed by atoms with E-state index in [0.29, 0.717) is 16.6 Å². The van der Waals surface area contributed by atoms with Gasteiger partial charge in [-0.1, -0.05) is 29.6 Å². The maximum atomic E-state index is 12.6. The highest BCUT2D eigenvalue weighted by molar-refractivity contribution is 6.34. The second-order valence-corrected chi connectivity index (χ2v) is 7.20. The van der Waals surface area contributed by atoms with Gasteiger partial charge in [-0.15, -0.1) is 12.4 Å². The van der Waals surface area contributed by atoms with Crippen LogP contribution in [0.15, 0.2) is 18.2 Å². The van der Waals surface area contributed by atoms with Crippen molar-refractivity contribution in [2.24, 2.45) is 17.6 Å². The minimum Gasteiger partial charge on any atom is -0.464 e. The quantitative estimate of drug-likeness (QED) is 0.659. The molecule has 0 bridgehead atoms. The Morgan fingerprint density at radius 3 is 2.50 bits per heavy atom. The highest BCUT2D eigenvalue weighted by Gasteiger charge is 2.34. The van der Waals surface area contributed by atoms with E-state index in [9.17, 15) is 9.59 Å². The molecule has 1 aliphatic carbocycles. The topological polar surface area (TPSA) is 81.4 Å². The van der Waals surface area contributed by atoms with Crippen LogP contribution < -0.4 is 11.1 Å². The molecule has 26 heavy (non-hydrogen) atoms. The van der Waals surface area contributed by atoms with Gasteiger partial charge in [-0.05, 0) is 56.0 Å². The number of halogens is 3. The third-order valence-corrected chi connectivity index (χ3v) is 4.98. The first kappa shape index (κ1) is 23.0. The second-order valence-electron chi connectivity index (χ2n) is 6.33. The SMILES string of the molecule is CCOC(=O)C(Cc1cc(Cl)cc(Cl)c1)NC(=O)[C@@H]1CCC[C@@H]1CN.Cl. The second kappa shape index (κ2) is 11.0. The standard InChI is InChI=1S/C18H24Cl2N2O3.ClH/c1-2-25-18(24)16(8-11-6-13(19)9-14(20)7-11)22-17(23)15-5-3-4-12(15)10-21;/h6-7,9,12,15-16H,2-5,8,10,21H2,1H3,(H,22,23);1H/t12-,15-,16?;/m1./s1. The van der Waals surface area contributed by atoms with Crippen molar-refractivity contribution in [3.05, 3.63) is 33.8 Å². The zero-order valence-corrected chi connectivity index (χ0v) is 17.0. The summed E-state index contributed by atoms with van der Waals surface area (Å²) in [6.45, 7) is 2.46. The first-order valence-corrected chi connectivity index (χ1v) is 9.32. The Labute approximate surface area is 170 Å². The largest absolute Gasteiger partial charge is 0.464 e. The van der Waals surface area contributed by atoms with Gasteiger partial charge in [0.05, 0.1) is 6.61 Å². The third-order valence-electron chi connectivity index (χ3n) is 4.55. The summed E-state index contributed by atoms with van der Waals surface area (Å²) in [7, 11) is 0. The Balaban J connectivity index is 0.00000338. The molecule has 1 amide bonds. The van der Waals surface area contributed by atoms with E-state index in [4.69, 9.17) is 33.7 Å². The molecule has 1 aromatic carbocycles. The number of nitrogens with one attached hydrogen (secondary N) is 1. The van der Waals surface area contributed by atoms with Gasteiger partial charge in [0.2, 0.25) is 5.91 Å². The Morgan fingerprint density at radius 1 is 1.27 bits per heavy atom. The third kappa shape index (κ3) is 6.31. The molecule has 0 spiro atoms. The number of amides is 1. The van der Waals surface area contributed by atoms with Gasteiger partial charge in [-0.2, -0.15) is 0 Å². The number of nitrogens with two attached hydrogens (primary N) is 1. The van der Waals surface area contributed by atoms with Crippen LogP contribution in [0, 0.1) is 11.8 Å². The average Bonchev–Trinajstić information content (AvgIpc) is 3.02. The van der Waals surface area contributed by atoms with Crippen LogP contribution in [-0.2, 0) is 20.7 Å². The van der Waals surface area contributed by atoms with Gasteiger partial charge < -0.3 is 15.8 Å². The molecule has 1 unspecified atom stereocenters. The van der Waals surface area contributed by atoms with E-state index < -0.39 is 12.0 Å². The van der Waals surface area contributed by atoms with Crippen LogP contribution in [0.3, 0.4) is 0 Å². The smallest absolute Gasteiger partial charge is 0.328 e. The number of carbonyl (C=O) groups is 2. The van der Waals surface area contributed by atoms with E-state index in [0.717, 1.165) is 24.8 Å². The number of hydrogen-bond donors (Lipinski definition) is 2. The van der Waals surface area contributed by atoms with Gasteiger partial charge in [-0.3, -0.25) is 4.79 Å². The lowest BCUT2D eigenvalue weighted by molar-refractivity contribution is -0.148. The van der Waals surface area contributed by atoms with Crippen LogP contribution in [0.1, 0.15) is 31.7 Å². The van der Waals surface area contributed by atoms with E-state index in [1.807, 2.05) is 0 Å². The minimum atomic E-state index is -0.777. The Morgan fingerprint density at radius 2 is 1.92 bits per heavy atom. The molecule has 2 rings (SSSR count). The minimum absolute atomic E-state index is 0. The number of hydrogen-bond acceptors (Lipinski definition) is 4. The molecular weight excluding hydrogens is 399 g/mol. The summed E-state index contributed by atoms with van der Waals surface area (Å²) < 4.78 is 5.11. The van der Waals surface area contributed by atoms with Crippen molar-refractivity contribution >= 4 is 47.5 Å². The molecular formula is C18H25Cl3N2O3. The fourth-order valence-corrected chi connectivity index (χ4v) is 3.91.